The molecule has 10 heteroatoms. The number of ether oxygens (including phenoxy) is 1. The van der Waals surface area contributed by atoms with Crippen molar-refractivity contribution in [2.75, 3.05) is 5.32 Å². The minimum atomic E-state index is -4.77. The Balaban J connectivity index is 1.48. The van der Waals surface area contributed by atoms with Gasteiger partial charge in [0.25, 0.3) is 6.01 Å². The molecule has 0 aliphatic carbocycles. The summed E-state index contributed by atoms with van der Waals surface area (Å²) in [7, 11) is -0.472. The lowest BCUT2D eigenvalue weighted by Gasteiger charge is -2.32. The first kappa shape index (κ1) is 20.6. The number of aromatic nitrogens is 1. The molecule has 0 unspecified atom stereocenters. The molecule has 1 fully saturated rings. The molecule has 0 amide bonds. The van der Waals surface area contributed by atoms with E-state index < -0.39 is 24.7 Å². The molecule has 2 aromatic carbocycles. The second-order valence-electron chi connectivity index (χ2n) is 8.03. The molecule has 1 aromatic heterocycles. The molecule has 1 aliphatic rings. The highest BCUT2D eigenvalue weighted by molar-refractivity contribution is 6.62. The maximum absolute atomic E-state index is 12.4. The van der Waals surface area contributed by atoms with Gasteiger partial charge in [-0.05, 0) is 57.4 Å². The minimum absolute atomic E-state index is 0.151. The van der Waals surface area contributed by atoms with Gasteiger partial charge in [0, 0.05) is 11.8 Å². The Morgan fingerprint density at radius 3 is 2.20 bits per heavy atom. The normalized spacial score (nSPS) is 18.0. The molecular weight excluding hydrogens is 400 g/mol. The number of anilines is 2. The Morgan fingerprint density at radius 2 is 1.60 bits per heavy atom. The van der Waals surface area contributed by atoms with Crippen LogP contribution < -0.4 is 15.5 Å². The monoisotopic (exact) mass is 420 g/mol. The van der Waals surface area contributed by atoms with Crippen molar-refractivity contribution >= 4 is 35.4 Å². The summed E-state index contributed by atoms with van der Waals surface area (Å²) >= 11 is 0. The Kier molecular flexibility index (Phi) is 4.74. The number of benzene rings is 2. The van der Waals surface area contributed by atoms with Crippen LogP contribution in [0.1, 0.15) is 27.7 Å². The van der Waals surface area contributed by atoms with Gasteiger partial charge >= 0.3 is 13.5 Å². The van der Waals surface area contributed by atoms with Gasteiger partial charge in [0.1, 0.15) is 11.3 Å². The summed E-state index contributed by atoms with van der Waals surface area (Å²) in [5.74, 6) is -0.360. The second-order valence-corrected chi connectivity index (χ2v) is 8.03. The summed E-state index contributed by atoms with van der Waals surface area (Å²) in [5, 5.41) is 2.99. The van der Waals surface area contributed by atoms with Crippen LogP contribution in [-0.2, 0) is 9.31 Å². The molecule has 0 spiro atoms. The summed E-state index contributed by atoms with van der Waals surface area (Å²) in [6.45, 7) is 7.95. The summed E-state index contributed by atoms with van der Waals surface area (Å²) in [5.41, 5.74) is 1.27. The Labute approximate surface area is 171 Å². The lowest BCUT2D eigenvalue weighted by atomic mass is 9.79. The molecule has 0 saturated carbocycles. The standard InChI is InChI=1S/C20H20BF3N2O4/c1-18(2)19(3,4)30-21(29-18)12-5-7-13(8-6-12)25-17-26-15-11-14(28-20(22,23)24)9-10-16(15)27-17/h5-11H,1-4H3,(H,25,26). The van der Waals surface area contributed by atoms with E-state index in [0.717, 1.165) is 5.46 Å². The Hall–Kier alpha value is -2.72. The van der Waals surface area contributed by atoms with Gasteiger partial charge in [-0.2, -0.15) is 4.98 Å². The summed E-state index contributed by atoms with van der Waals surface area (Å²) in [6, 6.07) is 11.2. The van der Waals surface area contributed by atoms with Crippen molar-refractivity contribution < 1.29 is 31.6 Å². The van der Waals surface area contributed by atoms with Gasteiger partial charge in [-0.3, -0.25) is 0 Å². The lowest BCUT2D eigenvalue weighted by molar-refractivity contribution is -0.274. The summed E-state index contributed by atoms with van der Waals surface area (Å²) in [6.07, 6.45) is -4.77. The van der Waals surface area contributed by atoms with Crippen LogP contribution in [0.25, 0.3) is 11.1 Å². The largest absolute Gasteiger partial charge is 0.573 e. The van der Waals surface area contributed by atoms with Crippen molar-refractivity contribution in [3.05, 3.63) is 42.5 Å². The van der Waals surface area contributed by atoms with Crippen LogP contribution in [0.2, 0.25) is 0 Å². The fourth-order valence-electron chi connectivity index (χ4n) is 2.98. The van der Waals surface area contributed by atoms with Gasteiger partial charge in [-0.1, -0.05) is 12.1 Å². The van der Waals surface area contributed by atoms with Crippen molar-refractivity contribution in [2.45, 2.75) is 45.3 Å². The second kappa shape index (κ2) is 6.92. The third kappa shape index (κ3) is 4.10. The molecule has 0 bridgehead atoms. The molecule has 158 valence electrons. The van der Waals surface area contributed by atoms with Crippen molar-refractivity contribution in [2.24, 2.45) is 0 Å². The number of nitrogens with one attached hydrogen (secondary N) is 1. The lowest BCUT2D eigenvalue weighted by Crippen LogP contribution is -2.41. The van der Waals surface area contributed by atoms with E-state index in [4.69, 9.17) is 13.7 Å². The van der Waals surface area contributed by atoms with Gasteiger partial charge in [-0.15, -0.1) is 13.2 Å². The highest BCUT2D eigenvalue weighted by Crippen LogP contribution is 2.36. The van der Waals surface area contributed by atoms with Gasteiger partial charge in [0.15, 0.2) is 5.58 Å². The summed E-state index contributed by atoms with van der Waals surface area (Å²) < 4.78 is 58.6. The van der Waals surface area contributed by atoms with Crippen molar-refractivity contribution in [3.63, 3.8) is 0 Å². The predicted octanol–water partition coefficient (Wildman–Crippen LogP) is 4.77. The Morgan fingerprint density at radius 1 is 0.967 bits per heavy atom. The van der Waals surface area contributed by atoms with E-state index in [-0.39, 0.29) is 17.3 Å². The van der Waals surface area contributed by atoms with Gasteiger partial charge in [0.2, 0.25) is 0 Å². The number of halogens is 3. The van der Waals surface area contributed by atoms with E-state index in [2.05, 4.69) is 15.0 Å². The van der Waals surface area contributed by atoms with Gasteiger partial charge < -0.3 is 23.8 Å². The van der Waals surface area contributed by atoms with Crippen molar-refractivity contribution in [1.82, 2.24) is 4.98 Å². The molecule has 6 nitrogen and oxygen atoms in total. The fraction of sp³-hybridized carbons (Fsp3) is 0.350. The molecule has 1 N–H and O–H groups in total. The zero-order chi connectivity index (χ0) is 21.7. The number of hydrogen-bond donors (Lipinski definition) is 1. The van der Waals surface area contributed by atoms with E-state index in [1.54, 1.807) is 0 Å². The third-order valence-corrected chi connectivity index (χ3v) is 5.28. The van der Waals surface area contributed by atoms with E-state index in [1.165, 1.54) is 18.2 Å². The number of alkyl halides is 3. The molecule has 0 atom stereocenters. The zero-order valence-electron chi connectivity index (χ0n) is 16.8. The first-order chi connectivity index (χ1) is 13.9. The first-order valence-corrected chi connectivity index (χ1v) is 9.31. The SMILES string of the molecule is CC1(C)OB(c2ccc(Nc3nc4cc(OC(F)(F)F)ccc4o3)cc2)OC1(C)C. The first-order valence-electron chi connectivity index (χ1n) is 9.31. The minimum Gasteiger partial charge on any atom is -0.423 e. The van der Waals surface area contributed by atoms with Crippen molar-refractivity contribution in [1.29, 1.82) is 0 Å². The summed E-state index contributed by atoms with van der Waals surface area (Å²) in [4.78, 5) is 4.16. The smallest absolute Gasteiger partial charge is 0.423 e. The van der Waals surface area contributed by atoms with Crippen LogP contribution >= 0.6 is 0 Å². The zero-order valence-corrected chi connectivity index (χ0v) is 16.8. The van der Waals surface area contributed by atoms with Crippen LogP contribution in [0.5, 0.6) is 5.75 Å². The quantitative estimate of drug-likeness (QED) is 0.614. The van der Waals surface area contributed by atoms with Crippen LogP contribution in [-0.4, -0.2) is 29.7 Å². The average molecular weight is 420 g/mol. The van der Waals surface area contributed by atoms with Gasteiger partial charge in [-0.25, -0.2) is 0 Å². The highest BCUT2D eigenvalue weighted by Gasteiger charge is 2.51. The average Bonchev–Trinajstić information content (AvgIpc) is 3.10. The molecule has 3 aromatic rings. The molecule has 1 aliphatic heterocycles. The van der Waals surface area contributed by atoms with E-state index in [1.807, 2.05) is 52.0 Å². The Bertz CT molecular complexity index is 1050. The molecule has 4 rings (SSSR count). The van der Waals surface area contributed by atoms with Gasteiger partial charge in [0.05, 0.1) is 11.2 Å². The molecular formula is C20H20BF3N2O4. The maximum Gasteiger partial charge on any atom is 0.573 e. The van der Waals surface area contributed by atoms with Crippen LogP contribution in [0.15, 0.2) is 46.9 Å². The van der Waals surface area contributed by atoms with Crippen molar-refractivity contribution in [3.8, 4) is 5.75 Å². The molecule has 30 heavy (non-hydrogen) atoms. The molecule has 2 heterocycles. The van der Waals surface area contributed by atoms with Crippen LogP contribution in [0.3, 0.4) is 0 Å². The molecule has 0 radical (unpaired) electrons. The maximum atomic E-state index is 12.4. The number of rotatable bonds is 4. The number of hydrogen-bond acceptors (Lipinski definition) is 6. The third-order valence-electron chi connectivity index (χ3n) is 5.28. The van der Waals surface area contributed by atoms with Crippen LogP contribution in [0.4, 0.5) is 24.9 Å². The molecule has 1 saturated heterocycles. The highest BCUT2D eigenvalue weighted by atomic mass is 19.4. The van der Waals surface area contributed by atoms with E-state index in [9.17, 15) is 13.2 Å². The number of oxazole rings is 1. The number of fused-ring (bicyclic) bond motifs is 1. The van der Waals surface area contributed by atoms with E-state index >= 15 is 0 Å². The fourth-order valence-corrected chi connectivity index (χ4v) is 2.98. The van der Waals surface area contributed by atoms with E-state index in [0.29, 0.717) is 11.3 Å². The predicted molar refractivity (Wildman–Crippen MR) is 106 cm³/mol. The van der Waals surface area contributed by atoms with Crippen LogP contribution in [0, 0.1) is 0 Å². The number of nitrogens with zero attached hydrogens (tertiary/aromatic N) is 1. The topological polar surface area (TPSA) is 65.8 Å².